The molecule has 0 aliphatic rings. The minimum Gasteiger partial charge on any atom is -0.376 e. The number of likely N-dealkylation sites (N-methyl/N-ethyl adjacent to an activating group) is 1. The maximum absolute atomic E-state index is 6.09. The number of ether oxygens (including phenoxy) is 1. The largest absolute Gasteiger partial charge is 0.376 e. The van der Waals surface area contributed by atoms with Crippen LogP contribution in [-0.4, -0.2) is 25.8 Å². The van der Waals surface area contributed by atoms with Crippen molar-refractivity contribution in [1.29, 1.82) is 0 Å². The van der Waals surface area contributed by atoms with Crippen LogP contribution in [0.4, 0.5) is 0 Å². The molecular formula is C16H25Cl2NO. The Kier molecular flexibility index (Phi) is 6.80. The van der Waals surface area contributed by atoms with Crippen LogP contribution in [0.25, 0.3) is 0 Å². The summed E-state index contributed by atoms with van der Waals surface area (Å²) in [5.41, 5.74) is 1.23. The van der Waals surface area contributed by atoms with Crippen molar-refractivity contribution in [3.05, 3.63) is 33.8 Å². The highest BCUT2D eigenvalue weighted by Gasteiger charge is 2.32. The van der Waals surface area contributed by atoms with Gasteiger partial charge in [-0.2, -0.15) is 0 Å². The summed E-state index contributed by atoms with van der Waals surface area (Å²) >= 11 is 12.1. The average molecular weight is 318 g/mol. The standard InChI is InChI=1S/C16H25Cl2NO/c1-6-20-15(16(2,3)4)14(19-5)10-11-7-8-12(17)13(18)9-11/h7-9,14-15,19H,6,10H2,1-5H3. The Bertz CT molecular complexity index is 429. The van der Waals surface area contributed by atoms with E-state index in [1.165, 1.54) is 0 Å². The van der Waals surface area contributed by atoms with Crippen LogP contribution in [0.3, 0.4) is 0 Å². The first-order valence-corrected chi connectivity index (χ1v) is 7.78. The van der Waals surface area contributed by atoms with Crippen molar-refractivity contribution < 1.29 is 4.74 Å². The van der Waals surface area contributed by atoms with E-state index in [0.717, 1.165) is 12.0 Å². The predicted octanol–water partition coefficient (Wildman–Crippen LogP) is 4.58. The Hall–Kier alpha value is -0.280. The Morgan fingerprint density at radius 2 is 1.85 bits per heavy atom. The first-order chi connectivity index (χ1) is 9.29. The number of benzene rings is 1. The SMILES string of the molecule is CCOC(C(Cc1ccc(Cl)c(Cl)c1)NC)C(C)(C)C. The van der Waals surface area contributed by atoms with Gasteiger partial charge in [0.1, 0.15) is 0 Å². The lowest BCUT2D eigenvalue weighted by Gasteiger charge is -2.37. The van der Waals surface area contributed by atoms with Crippen LogP contribution >= 0.6 is 23.2 Å². The lowest BCUT2D eigenvalue weighted by molar-refractivity contribution is -0.0340. The van der Waals surface area contributed by atoms with Crippen molar-refractivity contribution in [2.45, 2.75) is 46.3 Å². The van der Waals surface area contributed by atoms with Crippen LogP contribution in [0.15, 0.2) is 18.2 Å². The van der Waals surface area contributed by atoms with Gasteiger partial charge in [-0.05, 0) is 43.5 Å². The summed E-state index contributed by atoms with van der Waals surface area (Å²) in [5.74, 6) is 0. The van der Waals surface area contributed by atoms with Gasteiger partial charge in [0.2, 0.25) is 0 Å². The van der Waals surface area contributed by atoms with Crippen LogP contribution in [0, 0.1) is 5.41 Å². The fourth-order valence-electron chi connectivity index (χ4n) is 2.43. The molecule has 4 heteroatoms. The van der Waals surface area contributed by atoms with Crippen molar-refractivity contribution in [2.75, 3.05) is 13.7 Å². The number of hydrogen-bond donors (Lipinski definition) is 1. The van der Waals surface area contributed by atoms with Gasteiger partial charge in [0.05, 0.1) is 16.1 Å². The van der Waals surface area contributed by atoms with Gasteiger partial charge < -0.3 is 10.1 Å². The minimum absolute atomic E-state index is 0.0694. The second-order valence-electron chi connectivity index (χ2n) is 6.09. The van der Waals surface area contributed by atoms with E-state index in [1.54, 1.807) is 0 Å². The number of halogens is 2. The maximum Gasteiger partial charge on any atom is 0.0779 e. The molecule has 0 spiro atoms. The summed E-state index contributed by atoms with van der Waals surface area (Å²) < 4.78 is 5.96. The first kappa shape index (κ1) is 17.8. The molecule has 0 amide bonds. The second kappa shape index (κ2) is 7.65. The van der Waals surface area contributed by atoms with Gasteiger partial charge in [-0.3, -0.25) is 0 Å². The minimum atomic E-state index is 0.0694. The summed E-state index contributed by atoms with van der Waals surface area (Å²) in [6.45, 7) is 9.34. The second-order valence-corrected chi connectivity index (χ2v) is 6.90. The van der Waals surface area contributed by atoms with Crippen molar-refractivity contribution in [3.8, 4) is 0 Å². The fourth-order valence-corrected chi connectivity index (χ4v) is 2.75. The van der Waals surface area contributed by atoms with Crippen LogP contribution in [0.5, 0.6) is 0 Å². The lowest BCUT2D eigenvalue weighted by atomic mass is 9.82. The molecule has 0 saturated heterocycles. The Morgan fingerprint density at radius 1 is 1.20 bits per heavy atom. The molecule has 1 N–H and O–H groups in total. The Labute approximate surface area is 132 Å². The van der Waals surface area contributed by atoms with Crippen LogP contribution < -0.4 is 5.32 Å². The fraction of sp³-hybridized carbons (Fsp3) is 0.625. The van der Waals surface area contributed by atoms with Crippen LogP contribution in [-0.2, 0) is 11.2 Å². The molecule has 0 saturated carbocycles. The third-order valence-corrected chi connectivity index (χ3v) is 4.11. The van der Waals surface area contributed by atoms with E-state index in [4.69, 9.17) is 27.9 Å². The number of rotatable bonds is 6. The quantitative estimate of drug-likeness (QED) is 0.829. The highest BCUT2D eigenvalue weighted by atomic mass is 35.5. The molecule has 0 heterocycles. The zero-order valence-corrected chi connectivity index (χ0v) is 14.5. The van der Waals surface area contributed by atoms with Gasteiger partial charge in [-0.25, -0.2) is 0 Å². The molecule has 0 radical (unpaired) electrons. The molecule has 1 aromatic carbocycles. The van der Waals surface area contributed by atoms with E-state index >= 15 is 0 Å². The van der Waals surface area contributed by atoms with Crippen LogP contribution in [0.2, 0.25) is 10.0 Å². The lowest BCUT2D eigenvalue weighted by Crippen LogP contribution is -2.48. The molecule has 0 bridgehead atoms. The molecule has 2 unspecified atom stereocenters. The normalized spacial score (nSPS) is 15.2. The summed E-state index contributed by atoms with van der Waals surface area (Å²) in [6.07, 6.45) is 0.988. The van der Waals surface area contributed by atoms with Gasteiger partial charge in [0.15, 0.2) is 0 Å². The molecule has 0 aromatic heterocycles. The third kappa shape index (κ3) is 4.92. The summed E-state index contributed by atoms with van der Waals surface area (Å²) in [6, 6.07) is 6.02. The Morgan fingerprint density at radius 3 is 2.30 bits per heavy atom. The van der Waals surface area contributed by atoms with E-state index in [9.17, 15) is 0 Å². The molecule has 2 nitrogen and oxygen atoms in total. The van der Waals surface area contributed by atoms with Crippen molar-refractivity contribution in [3.63, 3.8) is 0 Å². The van der Waals surface area contributed by atoms with Crippen molar-refractivity contribution in [2.24, 2.45) is 5.41 Å². The topological polar surface area (TPSA) is 21.3 Å². The van der Waals surface area contributed by atoms with Gasteiger partial charge in [-0.1, -0.05) is 50.0 Å². The van der Waals surface area contributed by atoms with Gasteiger partial charge in [-0.15, -0.1) is 0 Å². The molecule has 20 heavy (non-hydrogen) atoms. The molecule has 0 aliphatic heterocycles. The molecule has 1 rings (SSSR count). The maximum atomic E-state index is 6.09. The molecule has 114 valence electrons. The van der Waals surface area contributed by atoms with E-state index in [1.807, 2.05) is 32.2 Å². The average Bonchev–Trinajstić information content (AvgIpc) is 2.36. The molecule has 1 aromatic rings. The molecule has 2 atom stereocenters. The van der Waals surface area contributed by atoms with Gasteiger partial charge in [0, 0.05) is 12.6 Å². The Balaban J connectivity index is 2.91. The highest BCUT2D eigenvalue weighted by molar-refractivity contribution is 6.42. The van der Waals surface area contributed by atoms with E-state index in [2.05, 4.69) is 26.1 Å². The molecule has 0 fully saturated rings. The zero-order valence-electron chi connectivity index (χ0n) is 13.0. The number of nitrogens with one attached hydrogen (secondary N) is 1. The first-order valence-electron chi connectivity index (χ1n) is 7.02. The van der Waals surface area contributed by atoms with Gasteiger partial charge in [0.25, 0.3) is 0 Å². The van der Waals surface area contributed by atoms with E-state index in [-0.39, 0.29) is 17.6 Å². The van der Waals surface area contributed by atoms with E-state index in [0.29, 0.717) is 16.7 Å². The number of hydrogen-bond acceptors (Lipinski definition) is 2. The summed E-state index contributed by atoms with van der Waals surface area (Å²) in [7, 11) is 1.97. The zero-order chi connectivity index (χ0) is 15.3. The van der Waals surface area contributed by atoms with Crippen LogP contribution in [0.1, 0.15) is 33.3 Å². The predicted molar refractivity (Wildman–Crippen MR) is 87.9 cm³/mol. The van der Waals surface area contributed by atoms with E-state index < -0.39 is 0 Å². The monoisotopic (exact) mass is 317 g/mol. The van der Waals surface area contributed by atoms with Crippen molar-refractivity contribution >= 4 is 23.2 Å². The molecular weight excluding hydrogens is 293 g/mol. The molecule has 0 aliphatic carbocycles. The summed E-state index contributed by atoms with van der Waals surface area (Å²) in [4.78, 5) is 0. The highest BCUT2D eigenvalue weighted by Crippen LogP contribution is 2.28. The third-order valence-electron chi connectivity index (χ3n) is 3.38. The summed E-state index contributed by atoms with van der Waals surface area (Å²) in [5, 5.41) is 4.57. The smallest absolute Gasteiger partial charge is 0.0779 e. The van der Waals surface area contributed by atoms with Gasteiger partial charge >= 0.3 is 0 Å². The van der Waals surface area contributed by atoms with Crippen molar-refractivity contribution in [1.82, 2.24) is 5.32 Å².